The molecule has 0 unspecified atom stereocenters. The van der Waals surface area contributed by atoms with Gasteiger partial charge in [-0.25, -0.2) is 0 Å². The summed E-state index contributed by atoms with van der Waals surface area (Å²) < 4.78 is 12.3. The predicted octanol–water partition coefficient (Wildman–Crippen LogP) is 2.33. The van der Waals surface area contributed by atoms with E-state index in [0.29, 0.717) is 28.0 Å². The van der Waals surface area contributed by atoms with E-state index in [0.717, 1.165) is 10.6 Å². The molecule has 4 aromatic rings. The van der Waals surface area contributed by atoms with Crippen molar-refractivity contribution in [1.29, 1.82) is 0 Å². The van der Waals surface area contributed by atoms with E-state index >= 15 is 0 Å². The molecule has 0 aliphatic heterocycles. The van der Waals surface area contributed by atoms with Crippen LogP contribution < -0.4 is 9.47 Å². The SMILES string of the molecule is COc1ccc(-c2nnc3sc(-c4cnccn4)nn23)cc1OC. The van der Waals surface area contributed by atoms with Crippen LogP contribution in [0, 0.1) is 0 Å². The molecule has 0 spiro atoms. The number of aromatic nitrogens is 6. The van der Waals surface area contributed by atoms with Gasteiger partial charge in [0.1, 0.15) is 5.69 Å². The maximum Gasteiger partial charge on any atom is 0.235 e. The molecule has 0 fully saturated rings. The third-order valence-corrected chi connectivity index (χ3v) is 4.34. The Kier molecular flexibility index (Phi) is 3.54. The van der Waals surface area contributed by atoms with Crippen LogP contribution in [-0.4, -0.2) is 44.0 Å². The summed E-state index contributed by atoms with van der Waals surface area (Å²) in [5.74, 6) is 1.90. The summed E-state index contributed by atoms with van der Waals surface area (Å²) in [4.78, 5) is 9.01. The summed E-state index contributed by atoms with van der Waals surface area (Å²) in [6.45, 7) is 0. The zero-order valence-electron chi connectivity index (χ0n) is 12.9. The van der Waals surface area contributed by atoms with Gasteiger partial charge in [0.15, 0.2) is 22.3 Å². The van der Waals surface area contributed by atoms with Crippen molar-refractivity contribution in [2.75, 3.05) is 14.2 Å². The minimum absolute atomic E-state index is 0.621. The number of benzene rings is 1. The average molecular weight is 340 g/mol. The molecule has 0 N–H and O–H groups in total. The van der Waals surface area contributed by atoms with Crippen LogP contribution in [-0.2, 0) is 0 Å². The number of methoxy groups -OCH3 is 2. The molecule has 0 saturated carbocycles. The highest BCUT2D eigenvalue weighted by Gasteiger charge is 2.16. The number of nitrogens with zero attached hydrogens (tertiary/aromatic N) is 6. The fourth-order valence-electron chi connectivity index (χ4n) is 2.29. The van der Waals surface area contributed by atoms with Crippen LogP contribution in [0.5, 0.6) is 11.5 Å². The van der Waals surface area contributed by atoms with E-state index in [9.17, 15) is 0 Å². The predicted molar refractivity (Wildman–Crippen MR) is 88.2 cm³/mol. The highest BCUT2D eigenvalue weighted by atomic mass is 32.1. The van der Waals surface area contributed by atoms with Gasteiger partial charge in [0.25, 0.3) is 0 Å². The summed E-state index contributed by atoms with van der Waals surface area (Å²) in [6.07, 6.45) is 4.92. The first kappa shape index (κ1) is 14.5. The molecular weight excluding hydrogens is 328 g/mol. The quantitative estimate of drug-likeness (QED) is 0.563. The van der Waals surface area contributed by atoms with Crippen molar-refractivity contribution in [2.45, 2.75) is 0 Å². The van der Waals surface area contributed by atoms with E-state index in [1.54, 1.807) is 37.3 Å². The van der Waals surface area contributed by atoms with Crippen LogP contribution in [0.1, 0.15) is 0 Å². The molecule has 1 aromatic carbocycles. The Balaban J connectivity index is 1.82. The number of fused-ring (bicyclic) bond motifs is 1. The molecule has 3 heterocycles. The number of hydrogen-bond donors (Lipinski definition) is 0. The standard InChI is InChI=1S/C15H12N6O2S/c1-22-11-4-3-9(7-12(11)23-2)13-18-19-15-21(13)20-14(24-15)10-8-16-5-6-17-10/h3-8H,1-2H3. The fourth-order valence-corrected chi connectivity index (χ4v) is 3.09. The van der Waals surface area contributed by atoms with Gasteiger partial charge in [-0.2, -0.15) is 9.61 Å². The van der Waals surface area contributed by atoms with Crippen molar-refractivity contribution in [1.82, 2.24) is 29.8 Å². The lowest BCUT2D eigenvalue weighted by Crippen LogP contribution is -1.94. The summed E-state index contributed by atoms with van der Waals surface area (Å²) in [7, 11) is 3.19. The molecule has 0 atom stereocenters. The molecule has 8 nitrogen and oxygen atoms in total. The summed E-state index contributed by atoms with van der Waals surface area (Å²) in [5.41, 5.74) is 1.53. The van der Waals surface area contributed by atoms with Gasteiger partial charge in [0.2, 0.25) is 4.96 Å². The van der Waals surface area contributed by atoms with Gasteiger partial charge in [0, 0.05) is 18.0 Å². The van der Waals surface area contributed by atoms with Gasteiger partial charge in [-0.3, -0.25) is 9.97 Å². The summed E-state index contributed by atoms with van der Waals surface area (Å²) in [5, 5.41) is 13.7. The molecule has 3 aromatic heterocycles. The van der Waals surface area contributed by atoms with Gasteiger partial charge in [-0.15, -0.1) is 10.2 Å². The van der Waals surface area contributed by atoms with Crippen LogP contribution >= 0.6 is 11.3 Å². The molecule has 0 amide bonds. The first-order valence-electron chi connectivity index (χ1n) is 7.01. The van der Waals surface area contributed by atoms with Crippen LogP contribution in [0.2, 0.25) is 0 Å². The van der Waals surface area contributed by atoms with Crippen molar-refractivity contribution in [3.8, 4) is 33.6 Å². The summed E-state index contributed by atoms with van der Waals surface area (Å²) in [6, 6.07) is 5.56. The molecule has 0 aliphatic carbocycles. The van der Waals surface area contributed by atoms with Crippen molar-refractivity contribution >= 4 is 16.3 Å². The molecular formula is C15H12N6O2S. The normalized spacial score (nSPS) is 10.9. The first-order valence-corrected chi connectivity index (χ1v) is 7.83. The monoisotopic (exact) mass is 340 g/mol. The number of rotatable bonds is 4. The smallest absolute Gasteiger partial charge is 0.235 e. The van der Waals surface area contributed by atoms with Gasteiger partial charge in [0.05, 0.1) is 20.4 Å². The molecule has 0 aliphatic rings. The van der Waals surface area contributed by atoms with Crippen molar-refractivity contribution in [3.05, 3.63) is 36.8 Å². The van der Waals surface area contributed by atoms with Gasteiger partial charge in [-0.1, -0.05) is 11.3 Å². The Hall–Kier alpha value is -3.07. The van der Waals surface area contributed by atoms with Crippen LogP contribution in [0.3, 0.4) is 0 Å². The topological polar surface area (TPSA) is 87.3 Å². The van der Waals surface area contributed by atoms with E-state index < -0.39 is 0 Å². The second kappa shape index (κ2) is 5.85. The second-order valence-corrected chi connectivity index (χ2v) is 5.74. The van der Waals surface area contributed by atoms with E-state index in [-0.39, 0.29) is 0 Å². The number of hydrogen-bond acceptors (Lipinski definition) is 8. The highest BCUT2D eigenvalue weighted by molar-refractivity contribution is 7.19. The lowest BCUT2D eigenvalue weighted by atomic mass is 10.2. The molecule has 9 heteroatoms. The van der Waals surface area contributed by atoms with Gasteiger partial charge < -0.3 is 9.47 Å². The zero-order chi connectivity index (χ0) is 16.5. The largest absolute Gasteiger partial charge is 0.493 e. The zero-order valence-corrected chi connectivity index (χ0v) is 13.7. The minimum atomic E-state index is 0.621. The van der Waals surface area contributed by atoms with Crippen LogP contribution in [0.15, 0.2) is 36.8 Å². The Morgan fingerprint density at radius 3 is 2.67 bits per heavy atom. The van der Waals surface area contributed by atoms with Crippen molar-refractivity contribution < 1.29 is 9.47 Å². The van der Waals surface area contributed by atoms with E-state index in [4.69, 9.17) is 9.47 Å². The Labute approximate surface area is 140 Å². The third-order valence-electron chi connectivity index (χ3n) is 3.41. The maximum absolute atomic E-state index is 5.34. The van der Waals surface area contributed by atoms with E-state index in [1.165, 1.54) is 11.3 Å². The molecule has 0 saturated heterocycles. The lowest BCUT2D eigenvalue weighted by Gasteiger charge is -2.08. The van der Waals surface area contributed by atoms with Crippen LogP contribution in [0.4, 0.5) is 0 Å². The van der Waals surface area contributed by atoms with E-state index in [2.05, 4.69) is 25.3 Å². The molecule has 0 radical (unpaired) electrons. The Morgan fingerprint density at radius 1 is 1.04 bits per heavy atom. The molecule has 24 heavy (non-hydrogen) atoms. The molecule has 0 bridgehead atoms. The lowest BCUT2D eigenvalue weighted by molar-refractivity contribution is 0.355. The molecule has 120 valence electrons. The van der Waals surface area contributed by atoms with Gasteiger partial charge in [-0.05, 0) is 18.2 Å². The molecule has 4 rings (SSSR count). The average Bonchev–Trinajstić information content (AvgIpc) is 3.22. The third kappa shape index (κ3) is 2.35. The van der Waals surface area contributed by atoms with Crippen molar-refractivity contribution in [3.63, 3.8) is 0 Å². The van der Waals surface area contributed by atoms with Crippen molar-refractivity contribution in [2.24, 2.45) is 0 Å². The maximum atomic E-state index is 5.34. The minimum Gasteiger partial charge on any atom is -0.493 e. The summed E-state index contributed by atoms with van der Waals surface area (Å²) >= 11 is 1.40. The van der Waals surface area contributed by atoms with Crippen LogP contribution in [0.25, 0.3) is 27.1 Å². The number of ether oxygens (including phenoxy) is 2. The Morgan fingerprint density at radius 2 is 1.92 bits per heavy atom. The Bertz CT molecular complexity index is 998. The fraction of sp³-hybridized carbons (Fsp3) is 0.133. The second-order valence-electron chi connectivity index (χ2n) is 4.79. The van der Waals surface area contributed by atoms with Gasteiger partial charge >= 0.3 is 0 Å². The first-order chi connectivity index (χ1) is 11.8. The van der Waals surface area contributed by atoms with E-state index in [1.807, 2.05) is 18.2 Å². The highest BCUT2D eigenvalue weighted by Crippen LogP contribution is 2.32.